The zero-order valence-electron chi connectivity index (χ0n) is 13.2. The van der Waals surface area contributed by atoms with Crippen LogP contribution in [0.4, 0.5) is 0 Å². The second-order valence-corrected chi connectivity index (χ2v) is 6.82. The lowest BCUT2D eigenvalue weighted by Gasteiger charge is -2.12. The Morgan fingerprint density at radius 3 is 2.62 bits per heavy atom. The number of hydrogen-bond acceptors (Lipinski definition) is 3. The molecular formula is C21H15NOS. The number of para-hydroxylation sites is 1. The molecule has 0 radical (unpaired) electrons. The highest BCUT2D eigenvalue weighted by molar-refractivity contribution is 7.17. The fourth-order valence-corrected chi connectivity index (χ4v) is 3.83. The second-order valence-electron chi connectivity index (χ2n) is 5.71. The minimum absolute atomic E-state index is 0.740. The summed E-state index contributed by atoms with van der Waals surface area (Å²) >= 11 is 1.51. The Kier molecular flexibility index (Phi) is 3.71. The molecule has 0 saturated heterocycles. The number of carbonyl (C=O) groups excluding carboxylic acids is 1. The number of aryl methyl sites for hydroxylation is 1. The molecule has 2 nitrogen and oxygen atoms in total. The van der Waals surface area contributed by atoms with Crippen LogP contribution in [0.15, 0.2) is 66.7 Å². The SMILES string of the molecule is Cc1cccc(-c2ccc(C=O)s2)c1-c1ccc2ccccc2n1. The van der Waals surface area contributed by atoms with Crippen molar-refractivity contribution in [1.29, 1.82) is 0 Å². The summed E-state index contributed by atoms with van der Waals surface area (Å²) in [5.41, 5.74) is 5.38. The van der Waals surface area contributed by atoms with Gasteiger partial charge in [-0.1, -0.05) is 42.5 Å². The summed E-state index contributed by atoms with van der Waals surface area (Å²) in [6.07, 6.45) is 0.901. The lowest BCUT2D eigenvalue weighted by Crippen LogP contribution is -1.91. The predicted molar refractivity (Wildman–Crippen MR) is 101 cm³/mol. The molecule has 0 saturated carbocycles. The van der Waals surface area contributed by atoms with Crippen molar-refractivity contribution >= 4 is 28.5 Å². The van der Waals surface area contributed by atoms with Crippen molar-refractivity contribution in [2.45, 2.75) is 6.92 Å². The standard InChI is InChI=1S/C21H15NOS/c1-14-5-4-7-17(20-12-10-16(13-23)24-20)21(14)19-11-9-15-6-2-3-8-18(15)22-19/h2-13H,1H3. The topological polar surface area (TPSA) is 30.0 Å². The van der Waals surface area contributed by atoms with Crippen LogP contribution < -0.4 is 0 Å². The quantitative estimate of drug-likeness (QED) is 0.448. The number of benzene rings is 2. The zero-order chi connectivity index (χ0) is 16.5. The van der Waals surface area contributed by atoms with Gasteiger partial charge in [-0.2, -0.15) is 0 Å². The van der Waals surface area contributed by atoms with E-state index in [2.05, 4.69) is 43.3 Å². The van der Waals surface area contributed by atoms with Gasteiger partial charge >= 0.3 is 0 Å². The smallest absolute Gasteiger partial charge is 0.160 e. The monoisotopic (exact) mass is 329 g/mol. The molecule has 0 fully saturated rings. The van der Waals surface area contributed by atoms with E-state index in [-0.39, 0.29) is 0 Å². The Labute approximate surface area is 144 Å². The normalized spacial score (nSPS) is 10.9. The minimum Gasteiger partial charge on any atom is -0.297 e. The largest absolute Gasteiger partial charge is 0.297 e. The van der Waals surface area contributed by atoms with Gasteiger partial charge in [-0.05, 0) is 36.8 Å². The van der Waals surface area contributed by atoms with Crippen molar-refractivity contribution in [2.24, 2.45) is 0 Å². The number of carbonyl (C=O) groups is 1. The molecule has 0 atom stereocenters. The molecule has 24 heavy (non-hydrogen) atoms. The highest BCUT2D eigenvalue weighted by Crippen LogP contribution is 2.37. The molecule has 0 bridgehead atoms. The van der Waals surface area contributed by atoms with Gasteiger partial charge in [0, 0.05) is 21.4 Å². The maximum absolute atomic E-state index is 11.0. The summed E-state index contributed by atoms with van der Waals surface area (Å²) in [6.45, 7) is 2.10. The average Bonchev–Trinajstić information content (AvgIpc) is 3.10. The molecule has 4 aromatic rings. The number of hydrogen-bond donors (Lipinski definition) is 0. The van der Waals surface area contributed by atoms with Gasteiger partial charge in [-0.3, -0.25) is 4.79 Å². The van der Waals surface area contributed by atoms with Crippen LogP contribution in [0.5, 0.6) is 0 Å². The van der Waals surface area contributed by atoms with E-state index >= 15 is 0 Å². The van der Waals surface area contributed by atoms with Crippen molar-refractivity contribution in [3.63, 3.8) is 0 Å². The molecule has 2 heterocycles. The Balaban J connectivity index is 1.94. The molecule has 4 rings (SSSR count). The lowest BCUT2D eigenvalue weighted by molar-refractivity contribution is 0.112. The summed E-state index contributed by atoms with van der Waals surface area (Å²) in [5, 5.41) is 1.13. The molecule has 2 aromatic heterocycles. The first kappa shape index (κ1) is 14.8. The number of rotatable bonds is 3. The number of thiophene rings is 1. The highest BCUT2D eigenvalue weighted by atomic mass is 32.1. The minimum atomic E-state index is 0.740. The van der Waals surface area contributed by atoms with Crippen LogP contribution in [0.2, 0.25) is 0 Å². The Morgan fingerprint density at radius 2 is 1.79 bits per heavy atom. The second kappa shape index (κ2) is 6.02. The molecule has 2 aromatic carbocycles. The Morgan fingerprint density at radius 1 is 0.917 bits per heavy atom. The van der Waals surface area contributed by atoms with Crippen LogP contribution in [0.25, 0.3) is 32.6 Å². The number of pyridine rings is 1. The van der Waals surface area contributed by atoms with Crippen LogP contribution in [0.1, 0.15) is 15.2 Å². The molecule has 0 N–H and O–H groups in total. The fraction of sp³-hybridized carbons (Fsp3) is 0.0476. The van der Waals surface area contributed by atoms with Gasteiger partial charge in [0.2, 0.25) is 0 Å². The van der Waals surface area contributed by atoms with E-state index in [1.54, 1.807) is 0 Å². The average molecular weight is 329 g/mol. The summed E-state index contributed by atoms with van der Waals surface area (Å²) in [5.74, 6) is 0. The Bertz CT molecular complexity index is 1050. The molecule has 0 aliphatic rings. The van der Waals surface area contributed by atoms with Crippen LogP contribution >= 0.6 is 11.3 Å². The van der Waals surface area contributed by atoms with Crippen molar-refractivity contribution in [2.75, 3.05) is 0 Å². The van der Waals surface area contributed by atoms with E-state index < -0.39 is 0 Å². The van der Waals surface area contributed by atoms with Crippen molar-refractivity contribution < 1.29 is 4.79 Å². The van der Waals surface area contributed by atoms with Crippen LogP contribution in [0.3, 0.4) is 0 Å². The number of nitrogens with zero attached hydrogens (tertiary/aromatic N) is 1. The number of aldehydes is 1. The van der Waals surface area contributed by atoms with E-state index in [9.17, 15) is 4.79 Å². The molecule has 0 aliphatic carbocycles. The summed E-state index contributed by atoms with van der Waals surface area (Å²) in [6, 6.07) is 22.4. The molecule has 0 spiro atoms. The van der Waals surface area contributed by atoms with Gasteiger partial charge in [0.15, 0.2) is 6.29 Å². The van der Waals surface area contributed by atoms with E-state index in [1.165, 1.54) is 16.9 Å². The van der Waals surface area contributed by atoms with E-state index in [0.717, 1.165) is 43.8 Å². The van der Waals surface area contributed by atoms with Gasteiger partial charge in [0.25, 0.3) is 0 Å². The molecule has 0 aliphatic heterocycles. The van der Waals surface area contributed by atoms with Crippen LogP contribution in [-0.4, -0.2) is 11.3 Å². The number of aromatic nitrogens is 1. The van der Waals surface area contributed by atoms with Gasteiger partial charge in [0.05, 0.1) is 16.1 Å². The molecule has 116 valence electrons. The third-order valence-electron chi connectivity index (χ3n) is 4.14. The highest BCUT2D eigenvalue weighted by Gasteiger charge is 2.13. The summed E-state index contributed by atoms with van der Waals surface area (Å²) in [4.78, 5) is 17.7. The molecular weight excluding hydrogens is 314 g/mol. The molecule has 0 unspecified atom stereocenters. The van der Waals surface area contributed by atoms with Crippen molar-refractivity contribution in [3.05, 3.63) is 77.2 Å². The lowest BCUT2D eigenvalue weighted by atomic mass is 9.97. The first-order valence-corrected chi connectivity index (χ1v) is 8.59. The first-order valence-electron chi connectivity index (χ1n) is 7.77. The van der Waals surface area contributed by atoms with Gasteiger partial charge in [0.1, 0.15) is 0 Å². The maximum Gasteiger partial charge on any atom is 0.160 e. The zero-order valence-corrected chi connectivity index (χ0v) is 14.0. The fourth-order valence-electron chi connectivity index (χ4n) is 2.98. The van der Waals surface area contributed by atoms with Crippen LogP contribution in [-0.2, 0) is 0 Å². The van der Waals surface area contributed by atoms with Gasteiger partial charge in [-0.25, -0.2) is 4.98 Å². The van der Waals surface area contributed by atoms with E-state index in [0.29, 0.717) is 0 Å². The van der Waals surface area contributed by atoms with Gasteiger partial charge < -0.3 is 0 Å². The number of fused-ring (bicyclic) bond motifs is 1. The van der Waals surface area contributed by atoms with E-state index in [1.807, 2.05) is 30.3 Å². The van der Waals surface area contributed by atoms with Crippen molar-refractivity contribution in [1.82, 2.24) is 4.98 Å². The Hall–Kier alpha value is -2.78. The maximum atomic E-state index is 11.0. The summed E-state index contributed by atoms with van der Waals surface area (Å²) in [7, 11) is 0. The van der Waals surface area contributed by atoms with Crippen LogP contribution in [0, 0.1) is 6.92 Å². The summed E-state index contributed by atoms with van der Waals surface area (Å²) < 4.78 is 0. The third kappa shape index (κ3) is 2.53. The van der Waals surface area contributed by atoms with Crippen molar-refractivity contribution in [3.8, 4) is 21.7 Å². The predicted octanol–water partition coefficient (Wildman–Crippen LogP) is 5.75. The van der Waals surface area contributed by atoms with Gasteiger partial charge in [-0.15, -0.1) is 11.3 Å². The molecule has 3 heteroatoms. The molecule has 0 amide bonds. The van der Waals surface area contributed by atoms with E-state index in [4.69, 9.17) is 4.98 Å². The third-order valence-corrected chi connectivity index (χ3v) is 5.18. The first-order chi connectivity index (χ1) is 11.8.